The molecule has 0 bridgehead atoms. The summed E-state index contributed by atoms with van der Waals surface area (Å²) in [4.78, 5) is 0. The van der Waals surface area contributed by atoms with E-state index in [1.807, 2.05) is 18.2 Å². The Labute approximate surface area is 122 Å². The van der Waals surface area contributed by atoms with Gasteiger partial charge in [-0.25, -0.2) is 0 Å². The lowest BCUT2D eigenvalue weighted by atomic mass is 10.1. The number of para-hydroxylation sites is 1. The van der Waals surface area contributed by atoms with Crippen molar-refractivity contribution in [3.63, 3.8) is 0 Å². The summed E-state index contributed by atoms with van der Waals surface area (Å²) in [6.45, 7) is 6.86. The highest BCUT2D eigenvalue weighted by Crippen LogP contribution is 2.31. The highest BCUT2D eigenvalue weighted by atomic mass is 16.5. The molecule has 0 saturated carbocycles. The highest BCUT2D eigenvalue weighted by molar-refractivity contribution is 5.46. The predicted octanol–water partition coefficient (Wildman–Crippen LogP) is 2.64. The van der Waals surface area contributed by atoms with E-state index in [0.29, 0.717) is 25.7 Å². The molecule has 2 N–H and O–H groups in total. The van der Waals surface area contributed by atoms with Crippen LogP contribution >= 0.6 is 0 Å². The smallest absolute Gasteiger partial charge is 0.164 e. The standard InChI is InChI=1S/C16H27NO3/c1-13(2)8-10-19-11-12-20-16-14(7-9-17)5-4-6-15(16)18-3/h4-6,13H,7-12,17H2,1-3H3. The van der Waals surface area contributed by atoms with Crippen molar-refractivity contribution in [3.8, 4) is 11.5 Å². The molecule has 0 spiro atoms. The van der Waals surface area contributed by atoms with Gasteiger partial charge in [0.2, 0.25) is 0 Å². The molecule has 0 radical (unpaired) electrons. The molecule has 4 heteroatoms. The lowest BCUT2D eigenvalue weighted by molar-refractivity contribution is 0.0913. The fraction of sp³-hybridized carbons (Fsp3) is 0.625. The molecule has 0 aromatic heterocycles. The summed E-state index contributed by atoms with van der Waals surface area (Å²) >= 11 is 0. The third kappa shape index (κ3) is 5.80. The Bertz CT molecular complexity index is 380. The SMILES string of the molecule is COc1cccc(CCN)c1OCCOCCC(C)C. The van der Waals surface area contributed by atoms with Crippen molar-refractivity contribution >= 4 is 0 Å². The van der Waals surface area contributed by atoms with E-state index >= 15 is 0 Å². The summed E-state index contributed by atoms with van der Waals surface area (Å²) < 4.78 is 16.7. The van der Waals surface area contributed by atoms with Gasteiger partial charge in [0.15, 0.2) is 11.5 Å². The number of hydrogen-bond donors (Lipinski definition) is 1. The Hall–Kier alpha value is -1.26. The van der Waals surface area contributed by atoms with Crippen LogP contribution in [0.2, 0.25) is 0 Å². The van der Waals surface area contributed by atoms with E-state index in [2.05, 4.69) is 13.8 Å². The van der Waals surface area contributed by atoms with Gasteiger partial charge in [0.1, 0.15) is 6.61 Å². The summed E-state index contributed by atoms with van der Waals surface area (Å²) in [5, 5.41) is 0. The van der Waals surface area contributed by atoms with E-state index in [-0.39, 0.29) is 0 Å². The molecule has 0 unspecified atom stereocenters. The van der Waals surface area contributed by atoms with Gasteiger partial charge in [0.25, 0.3) is 0 Å². The Morgan fingerprint density at radius 2 is 1.95 bits per heavy atom. The van der Waals surface area contributed by atoms with Crippen LogP contribution in [0.5, 0.6) is 11.5 Å². The third-order valence-electron chi connectivity index (χ3n) is 3.01. The van der Waals surface area contributed by atoms with Gasteiger partial charge in [0.05, 0.1) is 13.7 Å². The monoisotopic (exact) mass is 281 g/mol. The van der Waals surface area contributed by atoms with Crippen LogP contribution in [0.15, 0.2) is 18.2 Å². The predicted molar refractivity (Wildman–Crippen MR) is 81.5 cm³/mol. The molecule has 114 valence electrons. The van der Waals surface area contributed by atoms with E-state index in [0.717, 1.165) is 36.5 Å². The molecule has 20 heavy (non-hydrogen) atoms. The lowest BCUT2D eigenvalue weighted by Gasteiger charge is -2.15. The average molecular weight is 281 g/mol. The van der Waals surface area contributed by atoms with Gasteiger partial charge in [-0.2, -0.15) is 0 Å². The van der Waals surface area contributed by atoms with Crippen LogP contribution in [0.4, 0.5) is 0 Å². The molecule has 0 aliphatic carbocycles. The fourth-order valence-electron chi connectivity index (χ4n) is 1.86. The van der Waals surface area contributed by atoms with Crippen LogP contribution in [0.25, 0.3) is 0 Å². The average Bonchev–Trinajstić information content (AvgIpc) is 2.43. The molecule has 1 aromatic carbocycles. The van der Waals surface area contributed by atoms with Gasteiger partial charge in [0, 0.05) is 6.61 Å². The zero-order valence-corrected chi connectivity index (χ0v) is 12.9. The number of methoxy groups -OCH3 is 1. The first kappa shape index (κ1) is 16.8. The molecular formula is C16H27NO3. The maximum atomic E-state index is 5.81. The summed E-state index contributed by atoms with van der Waals surface area (Å²) in [5.74, 6) is 2.20. The molecule has 0 aliphatic heterocycles. The molecule has 0 fully saturated rings. The van der Waals surface area contributed by atoms with Crippen LogP contribution in [0.1, 0.15) is 25.8 Å². The minimum absolute atomic E-state index is 0.524. The van der Waals surface area contributed by atoms with Gasteiger partial charge < -0.3 is 19.9 Å². The van der Waals surface area contributed by atoms with Crippen molar-refractivity contribution in [2.45, 2.75) is 26.7 Å². The van der Waals surface area contributed by atoms with E-state index in [1.165, 1.54) is 0 Å². The van der Waals surface area contributed by atoms with Gasteiger partial charge in [-0.15, -0.1) is 0 Å². The van der Waals surface area contributed by atoms with E-state index in [1.54, 1.807) is 7.11 Å². The second-order valence-electron chi connectivity index (χ2n) is 5.13. The largest absolute Gasteiger partial charge is 0.493 e. The summed E-state index contributed by atoms with van der Waals surface area (Å²) in [6, 6.07) is 5.87. The number of benzene rings is 1. The number of ether oxygens (including phenoxy) is 3. The highest BCUT2D eigenvalue weighted by Gasteiger charge is 2.09. The van der Waals surface area contributed by atoms with E-state index in [4.69, 9.17) is 19.9 Å². The molecule has 0 atom stereocenters. The number of rotatable bonds is 10. The minimum atomic E-state index is 0.524. The fourth-order valence-corrected chi connectivity index (χ4v) is 1.86. The minimum Gasteiger partial charge on any atom is -0.493 e. The van der Waals surface area contributed by atoms with E-state index < -0.39 is 0 Å². The quantitative estimate of drug-likeness (QED) is 0.670. The van der Waals surface area contributed by atoms with Crippen molar-refractivity contribution in [1.29, 1.82) is 0 Å². The lowest BCUT2D eigenvalue weighted by Crippen LogP contribution is -2.11. The Morgan fingerprint density at radius 1 is 1.15 bits per heavy atom. The molecule has 1 aromatic rings. The van der Waals surface area contributed by atoms with Crippen molar-refractivity contribution in [2.75, 3.05) is 33.5 Å². The normalized spacial score (nSPS) is 10.8. The van der Waals surface area contributed by atoms with Gasteiger partial charge in [-0.05, 0) is 36.9 Å². The Kier molecular flexibility index (Phi) is 8.07. The topological polar surface area (TPSA) is 53.7 Å². The van der Waals surface area contributed by atoms with Crippen LogP contribution in [0.3, 0.4) is 0 Å². The Balaban J connectivity index is 2.45. The summed E-state index contributed by atoms with van der Waals surface area (Å²) in [7, 11) is 1.65. The second kappa shape index (κ2) is 9.61. The van der Waals surface area contributed by atoms with Gasteiger partial charge in [-0.3, -0.25) is 0 Å². The third-order valence-corrected chi connectivity index (χ3v) is 3.01. The van der Waals surface area contributed by atoms with E-state index in [9.17, 15) is 0 Å². The molecule has 0 saturated heterocycles. The van der Waals surface area contributed by atoms with Crippen LogP contribution in [-0.4, -0.2) is 33.5 Å². The first-order chi connectivity index (χ1) is 9.69. The van der Waals surface area contributed by atoms with Gasteiger partial charge in [-0.1, -0.05) is 26.0 Å². The van der Waals surface area contributed by atoms with Crippen LogP contribution < -0.4 is 15.2 Å². The molecule has 0 amide bonds. The van der Waals surface area contributed by atoms with Gasteiger partial charge >= 0.3 is 0 Å². The second-order valence-corrected chi connectivity index (χ2v) is 5.13. The van der Waals surface area contributed by atoms with Crippen molar-refractivity contribution < 1.29 is 14.2 Å². The maximum Gasteiger partial charge on any atom is 0.164 e. The number of nitrogens with two attached hydrogens (primary N) is 1. The van der Waals surface area contributed by atoms with Crippen LogP contribution in [-0.2, 0) is 11.2 Å². The molecule has 0 heterocycles. The van der Waals surface area contributed by atoms with Crippen LogP contribution in [0, 0.1) is 5.92 Å². The van der Waals surface area contributed by atoms with Crippen molar-refractivity contribution in [3.05, 3.63) is 23.8 Å². The molecular weight excluding hydrogens is 254 g/mol. The maximum absolute atomic E-state index is 5.81. The van der Waals surface area contributed by atoms with Crippen molar-refractivity contribution in [2.24, 2.45) is 11.7 Å². The summed E-state index contributed by atoms with van der Waals surface area (Å²) in [6.07, 6.45) is 1.85. The summed E-state index contributed by atoms with van der Waals surface area (Å²) in [5.41, 5.74) is 6.70. The zero-order valence-electron chi connectivity index (χ0n) is 12.9. The van der Waals surface area contributed by atoms with Crippen molar-refractivity contribution in [1.82, 2.24) is 0 Å². The first-order valence-electron chi connectivity index (χ1n) is 7.25. The molecule has 0 aliphatic rings. The number of hydrogen-bond acceptors (Lipinski definition) is 4. The molecule has 4 nitrogen and oxygen atoms in total. The zero-order chi connectivity index (χ0) is 14.8. The first-order valence-corrected chi connectivity index (χ1v) is 7.25. The Morgan fingerprint density at radius 3 is 2.60 bits per heavy atom. The molecule has 1 rings (SSSR count).